The molecule has 0 aromatic heterocycles. The molecule has 1 aliphatic rings. The van der Waals surface area contributed by atoms with Crippen LogP contribution < -0.4 is 14.8 Å². The summed E-state index contributed by atoms with van der Waals surface area (Å²) in [5.41, 5.74) is 0. The van der Waals surface area contributed by atoms with Crippen LogP contribution in [0.15, 0.2) is 24.3 Å². The van der Waals surface area contributed by atoms with Crippen LogP contribution in [0.2, 0.25) is 0 Å². The fourth-order valence-electron chi connectivity index (χ4n) is 1.75. The SMILES string of the molecule is CCOc1ccccc1OC[C@H]1CNCCO1. The molecule has 1 fully saturated rings. The summed E-state index contributed by atoms with van der Waals surface area (Å²) in [6.07, 6.45) is 0.124. The quantitative estimate of drug-likeness (QED) is 0.841. The van der Waals surface area contributed by atoms with Crippen LogP contribution in [0, 0.1) is 0 Å². The first-order valence-electron chi connectivity index (χ1n) is 6.07. The number of morpholine rings is 1. The van der Waals surface area contributed by atoms with Crippen molar-refractivity contribution in [2.24, 2.45) is 0 Å². The van der Waals surface area contributed by atoms with Crippen LogP contribution in [-0.4, -0.2) is 39.0 Å². The van der Waals surface area contributed by atoms with Gasteiger partial charge in [0.2, 0.25) is 0 Å². The monoisotopic (exact) mass is 237 g/mol. The van der Waals surface area contributed by atoms with Crippen molar-refractivity contribution in [3.05, 3.63) is 24.3 Å². The Hall–Kier alpha value is -1.26. The summed E-state index contributed by atoms with van der Waals surface area (Å²) in [5.74, 6) is 1.57. The number of para-hydroxylation sites is 2. The van der Waals surface area contributed by atoms with Crippen molar-refractivity contribution >= 4 is 0 Å². The molecule has 0 saturated carbocycles. The van der Waals surface area contributed by atoms with Gasteiger partial charge in [0.15, 0.2) is 11.5 Å². The third-order valence-electron chi connectivity index (χ3n) is 2.58. The van der Waals surface area contributed by atoms with Crippen molar-refractivity contribution in [3.63, 3.8) is 0 Å². The van der Waals surface area contributed by atoms with Crippen LogP contribution in [-0.2, 0) is 4.74 Å². The standard InChI is InChI=1S/C13H19NO3/c1-2-15-12-5-3-4-6-13(12)17-10-11-9-14-7-8-16-11/h3-6,11,14H,2,7-10H2,1H3/t11-/m1/s1. The largest absolute Gasteiger partial charge is 0.490 e. The van der Waals surface area contributed by atoms with Gasteiger partial charge < -0.3 is 19.5 Å². The Morgan fingerprint density at radius 3 is 2.71 bits per heavy atom. The molecule has 0 amide bonds. The Bertz CT molecular complexity index is 337. The van der Waals surface area contributed by atoms with Crippen molar-refractivity contribution in [3.8, 4) is 11.5 Å². The molecule has 1 heterocycles. The molecule has 0 bridgehead atoms. The second-order valence-corrected chi connectivity index (χ2v) is 3.89. The van der Waals surface area contributed by atoms with E-state index >= 15 is 0 Å². The van der Waals surface area contributed by atoms with E-state index in [0.29, 0.717) is 13.2 Å². The molecule has 0 unspecified atom stereocenters. The van der Waals surface area contributed by atoms with E-state index < -0.39 is 0 Å². The van der Waals surface area contributed by atoms with Crippen LogP contribution >= 0.6 is 0 Å². The summed E-state index contributed by atoms with van der Waals surface area (Å²) in [4.78, 5) is 0. The van der Waals surface area contributed by atoms with Gasteiger partial charge in [-0.15, -0.1) is 0 Å². The van der Waals surface area contributed by atoms with E-state index in [1.807, 2.05) is 31.2 Å². The molecule has 1 N–H and O–H groups in total. The lowest BCUT2D eigenvalue weighted by atomic mass is 10.3. The molecule has 0 spiro atoms. The Labute approximate surface area is 102 Å². The number of hydrogen-bond donors (Lipinski definition) is 1. The lowest BCUT2D eigenvalue weighted by Gasteiger charge is -2.24. The highest BCUT2D eigenvalue weighted by Crippen LogP contribution is 2.26. The van der Waals surface area contributed by atoms with Crippen LogP contribution in [0.1, 0.15) is 6.92 Å². The number of hydrogen-bond acceptors (Lipinski definition) is 4. The van der Waals surface area contributed by atoms with E-state index in [-0.39, 0.29) is 6.10 Å². The molecule has 1 aromatic rings. The highest BCUT2D eigenvalue weighted by atomic mass is 16.5. The highest BCUT2D eigenvalue weighted by molar-refractivity contribution is 5.39. The molecule has 4 nitrogen and oxygen atoms in total. The molecule has 1 aromatic carbocycles. The van der Waals surface area contributed by atoms with Crippen LogP contribution in [0.4, 0.5) is 0 Å². The van der Waals surface area contributed by atoms with Crippen molar-refractivity contribution in [2.45, 2.75) is 13.0 Å². The third-order valence-corrected chi connectivity index (χ3v) is 2.58. The normalized spacial score (nSPS) is 19.9. The predicted molar refractivity (Wildman–Crippen MR) is 65.7 cm³/mol. The van der Waals surface area contributed by atoms with Crippen LogP contribution in [0.3, 0.4) is 0 Å². The van der Waals surface area contributed by atoms with E-state index in [2.05, 4.69) is 5.32 Å². The zero-order valence-corrected chi connectivity index (χ0v) is 10.1. The average molecular weight is 237 g/mol. The Kier molecular flexibility index (Phi) is 4.64. The lowest BCUT2D eigenvalue weighted by Crippen LogP contribution is -2.41. The smallest absolute Gasteiger partial charge is 0.161 e. The van der Waals surface area contributed by atoms with Crippen molar-refractivity contribution < 1.29 is 14.2 Å². The minimum absolute atomic E-state index is 0.124. The zero-order valence-electron chi connectivity index (χ0n) is 10.1. The average Bonchev–Trinajstić information content (AvgIpc) is 2.39. The minimum Gasteiger partial charge on any atom is -0.490 e. The first-order chi connectivity index (χ1) is 8.40. The van der Waals surface area contributed by atoms with Gasteiger partial charge in [-0.05, 0) is 19.1 Å². The molecule has 1 atom stereocenters. The fraction of sp³-hybridized carbons (Fsp3) is 0.538. The molecule has 17 heavy (non-hydrogen) atoms. The maximum Gasteiger partial charge on any atom is 0.161 e. The van der Waals surface area contributed by atoms with Gasteiger partial charge in [0.25, 0.3) is 0 Å². The van der Waals surface area contributed by atoms with Gasteiger partial charge in [0.05, 0.1) is 13.2 Å². The van der Waals surface area contributed by atoms with Gasteiger partial charge >= 0.3 is 0 Å². The third kappa shape index (κ3) is 3.61. The Balaban J connectivity index is 1.88. The molecule has 4 heteroatoms. The maximum absolute atomic E-state index is 5.74. The summed E-state index contributed by atoms with van der Waals surface area (Å²) in [7, 11) is 0. The first kappa shape index (κ1) is 12.2. The van der Waals surface area contributed by atoms with E-state index in [1.54, 1.807) is 0 Å². The lowest BCUT2D eigenvalue weighted by molar-refractivity contribution is -0.000350. The Morgan fingerprint density at radius 2 is 2.06 bits per heavy atom. The number of nitrogens with one attached hydrogen (secondary N) is 1. The van der Waals surface area contributed by atoms with E-state index in [0.717, 1.165) is 31.2 Å². The van der Waals surface area contributed by atoms with Gasteiger partial charge in [0.1, 0.15) is 12.7 Å². The number of benzene rings is 1. The molecular weight excluding hydrogens is 218 g/mol. The topological polar surface area (TPSA) is 39.7 Å². The van der Waals surface area contributed by atoms with Gasteiger partial charge in [-0.3, -0.25) is 0 Å². The summed E-state index contributed by atoms with van der Waals surface area (Å²) >= 11 is 0. The van der Waals surface area contributed by atoms with E-state index in [9.17, 15) is 0 Å². The van der Waals surface area contributed by atoms with E-state index in [1.165, 1.54) is 0 Å². The van der Waals surface area contributed by atoms with Crippen molar-refractivity contribution in [1.82, 2.24) is 5.32 Å². The van der Waals surface area contributed by atoms with Gasteiger partial charge in [-0.25, -0.2) is 0 Å². The van der Waals surface area contributed by atoms with Crippen LogP contribution in [0.5, 0.6) is 11.5 Å². The second-order valence-electron chi connectivity index (χ2n) is 3.89. The number of rotatable bonds is 5. The molecule has 2 rings (SSSR count). The van der Waals surface area contributed by atoms with Gasteiger partial charge in [-0.2, -0.15) is 0 Å². The minimum atomic E-state index is 0.124. The molecule has 1 aliphatic heterocycles. The highest BCUT2D eigenvalue weighted by Gasteiger charge is 2.14. The molecule has 0 radical (unpaired) electrons. The van der Waals surface area contributed by atoms with E-state index in [4.69, 9.17) is 14.2 Å². The maximum atomic E-state index is 5.74. The first-order valence-corrected chi connectivity index (χ1v) is 6.07. The number of ether oxygens (including phenoxy) is 3. The van der Waals surface area contributed by atoms with Crippen LogP contribution in [0.25, 0.3) is 0 Å². The predicted octanol–water partition coefficient (Wildman–Crippen LogP) is 1.45. The summed E-state index contributed by atoms with van der Waals surface area (Å²) in [6.45, 7) is 5.67. The molecule has 94 valence electrons. The van der Waals surface area contributed by atoms with Crippen molar-refractivity contribution in [2.75, 3.05) is 32.9 Å². The summed E-state index contributed by atoms with van der Waals surface area (Å²) < 4.78 is 16.8. The summed E-state index contributed by atoms with van der Waals surface area (Å²) in [6, 6.07) is 7.72. The van der Waals surface area contributed by atoms with Gasteiger partial charge in [-0.1, -0.05) is 12.1 Å². The van der Waals surface area contributed by atoms with Gasteiger partial charge in [0, 0.05) is 13.1 Å². The van der Waals surface area contributed by atoms with Crippen molar-refractivity contribution in [1.29, 1.82) is 0 Å². The Morgan fingerprint density at radius 1 is 1.29 bits per heavy atom. The molecule has 0 aliphatic carbocycles. The second kappa shape index (κ2) is 6.47. The fourth-order valence-corrected chi connectivity index (χ4v) is 1.75. The summed E-state index contributed by atoms with van der Waals surface area (Å²) in [5, 5.41) is 3.27. The molecular formula is C13H19NO3. The zero-order chi connectivity index (χ0) is 11.9. The molecule has 1 saturated heterocycles.